The van der Waals surface area contributed by atoms with Crippen LogP contribution in [0.25, 0.3) is 0 Å². The summed E-state index contributed by atoms with van der Waals surface area (Å²) < 4.78 is 0. The van der Waals surface area contributed by atoms with Crippen molar-refractivity contribution >= 4 is 23.2 Å². The second kappa shape index (κ2) is 9.68. The predicted molar refractivity (Wildman–Crippen MR) is 131 cm³/mol. The van der Waals surface area contributed by atoms with E-state index in [0.717, 1.165) is 16.8 Å². The maximum absolute atomic E-state index is 13.4. The van der Waals surface area contributed by atoms with Gasteiger partial charge in [0.1, 0.15) is 0 Å². The molecule has 32 heavy (non-hydrogen) atoms. The van der Waals surface area contributed by atoms with Crippen LogP contribution in [0.2, 0.25) is 5.02 Å². The molecule has 0 N–H and O–H groups in total. The minimum atomic E-state index is -0.210. The molecule has 164 valence electrons. The molecule has 1 heterocycles. The number of likely N-dealkylation sites (N-methyl/N-ethyl adjacent to an activating group) is 1. The molecule has 0 fully saturated rings. The highest BCUT2D eigenvalue weighted by molar-refractivity contribution is 6.31. The molecule has 0 aromatic heterocycles. The fourth-order valence-corrected chi connectivity index (χ4v) is 4.34. The van der Waals surface area contributed by atoms with Crippen molar-refractivity contribution in [2.24, 2.45) is 5.10 Å². The Bertz CT molecular complexity index is 1140. The number of nitrogens with zero attached hydrogens (tertiary/aromatic N) is 3. The number of amides is 1. The van der Waals surface area contributed by atoms with Gasteiger partial charge in [-0.15, -0.1) is 0 Å². The van der Waals surface area contributed by atoms with E-state index < -0.39 is 0 Å². The van der Waals surface area contributed by atoms with Gasteiger partial charge in [0.2, 0.25) is 0 Å². The van der Waals surface area contributed by atoms with Crippen molar-refractivity contribution in [2.45, 2.75) is 32.9 Å². The number of halogens is 1. The Morgan fingerprint density at radius 1 is 1.03 bits per heavy atom. The van der Waals surface area contributed by atoms with Crippen molar-refractivity contribution < 1.29 is 4.79 Å². The summed E-state index contributed by atoms with van der Waals surface area (Å²) in [4.78, 5) is 15.4. The largest absolute Gasteiger partial charge is 0.293 e. The number of hydrazone groups is 1. The third-order valence-corrected chi connectivity index (χ3v) is 6.31. The van der Waals surface area contributed by atoms with Crippen molar-refractivity contribution in [3.05, 3.63) is 106 Å². The zero-order chi connectivity index (χ0) is 22.7. The number of rotatable bonds is 6. The molecule has 3 aromatic rings. The monoisotopic (exact) mass is 445 g/mol. The lowest BCUT2D eigenvalue weighted by molar-refractivity contribution is -0.134. The Morgan fingerprint density at radius 3 is 2.47 bits per heavy atom. The van der Waals surface area contributed by atoms with Gasteiger partial charge >= 0.3 is 0 Å². The molecule has 0 unspecified atom stereocenters. The molecule has 1 atom stereocenters. The lowest BCUT2D eigenvalue weighted by Gasteiger charge is -2.25. The van der Waals surface area contributed by atoms with Crippen LogP contribution in [0.1, 0.15) is 40.3 Å². The molecule has 1 aliphatic rings. The maximum atomic E-state index is 13.4. The van der Waals surface area contributed by atoms with E-state index in [4.69, 9.17) is 16.7 Å². The lowest BCUT2D eigenvalue weighted by Crippen LogP contribution is -2.36. The Hall–Kier alpha value is -2.95. The smallest absolute Gasteiger partial charge is 0.257 e. The van der Waals surface area contributed by atoms with Gasteiger partial charge in [0.25, 0.3) is 5.91 Å². The van der Waals surface area contributed by atoms with Gasteiger partial charge in [-0.25, -0.2) is 5.01 Å². The molecule has 4 rings (SSSR count). The number of hydrogen-bond donors (Lipinski definition) is 0. The first kappa shape index (κ1) is 22.3. The van der Waals surface area contributed by atoms with Crippen LogP contribution in [0, 0.1) is 13.8 Å². The van der Waals surface area contributed by atoms with Crippen molar-refractivity contribution in [3.8, 4) is 0 Å². The molecule has 0 spiro atoms. The summed E-state index contributed by atoms with van der Waals surface area (Å²) in [5.41, 5.74) is 6.52. The zero-order valence-electron chi connectivity index (χ0n) is 18.8. The van der Waals surface area contributed by atoms with Crippen molar-refractivity contribution in [3.63, 3.8) is 0 Å². The minimum absolute atomic E-state index is 0.0350. The second-order valence-corrected chi connectivity index (χ2v) is 8.89. The maximum Gasteiger partial charge on any atom is 0.257 e. The summed E-state index contributed by atoms with van der Waals surface area (Å²) in [5, 5.41) is 7.09. The normalized spacial score (nSPS) is 15.8. The van der Waals surface area contributed by atoms with E-state index in [-0.39, 0.29) is 18.5 Å². The van der Waals surface area contributed by atoms with Crippen LogP contribution in [-0.2, 0) is 11.3 Å². The van der Waals surface area contributed by atoms with Crippen molar-refractivity contribution in [1.82, 2.24) is 9.91 Å². The summed E-state index contributed by atoms with van der Waals surface area (Å²) >= 11 is 6.53. The van der Waals surface area contributed by atoms with E-state index in [1.165, 1.54) is 16.7 Å². The summed E-state index contributed by atoms with van der Waals surface area (Å²) in [6, 6.07) is 24.0. The molecular formula is C27H28ClN3O. The van der Waals surface area contributed by atoms with Gasteiger partial charge in [-0.3, -0.25) is 9.69 Å². The summed E-state index contributed by atoms with van der Waals surface area (Å²) in [5.74, 6) is -0.0350. The van der Waals surface area contributed by atoms with Crippen LogP contribution >= 0.6 is 11.6 Å². The quantitative estimate of drug-likeness (QED) is 0.483. The average molecular weight is 446 g/mol. The van der Waals surface area contributed by atoms with E-state index in [9.17, 15) is 4.79 Å². The number of aryl methyl sites for hydroxylation is 2. The van der Waals surface area contributed by atoms with Gasteiger partial charge in [0.05, 0.1) is 18.3 Å². The molecule has 1 aliphatic heterocycles. The van der Waals surface area contributed by atoms with Crippen LogP contribution in [0.15, 0.2) is 77.9 Å². The van der Waals surface area contributed by atoms with E-state index in [0.29, 0.717) is 18.0 Å². The molecule has 0 radical (unpaired) electrons. The van der Waals surface area contributed by atoms with Gasteiger partial charge in [-0.1, -0.05) is 72.3 Å². The Labute approximate surface area is 195 Å². The third kappa shape index (κ3) is 4.93. The summed E-state index contributed by atoms with van der Waals surface area (Å²) in [6.07, 6.45) is 0.639. The molecule has 3 aromatic carbocycles. The van der Waals surface area contributed by atoms with Crippen LogP contribution in [0.5, 0.6) is 0 Å². The van der Waals surface area contributed by atoms with E-state index in [1.54, 1.807) is 5.01 Å². The number of carbonyl (C=O) groups is 1. The lowest BCUT2D eigenvalue weighted by atomic mass is 9.96. The summed E-state index contributed by atoms with van der Waals surface area (Å²) in [6.45, 7) is 5.17. The number of hydrogen-bond acceptors (Lipinski definition) is 3. The molecule has 0 saturated heterocycles. The highest BCUT2D eigenvalue weighted by Gasteiger charge is 2.34. The van der Waals surface area contributed by atoms with Gasteiger partial charge in [-0.05, 0) is 60.8 Å². The minimum Gasteiger partial charge on any atom is -0.293 e. The Morgan fingerprint density at radius 2 is 1.75 bits per heavy atom. The first-order valence-corrected chi connectivity index (χ1v) is 11.2. The van der Waals surface area contributed by atoms with Crippen LogP contribution in [-0.4, -0.2) is 35.1 Å². The Balaban J connectivity index is 1.60. The second-order valence-electron chi connectivity index (χ2n) is 8.48. The highest BCUT2D eigenvalue weighted by atomic mass is 35.5. The van der Waals surface area contributed by atoms with E-state index >= 15 is 0 Å². The van der Waals surface area contributed by atoms with Gasteiger partial charge < -0.3 is 0 Å². The van der Waals surface area contributed by atoms with Crippen molar-refractivity contribution in [2.75, 3.05) is 13.6 Å². The van der Waals surface area contributed by atoms with Gasteiger partial charge in [-0.2, -0.15) is 5.10 Å². The van der Waals surface area contributed by atoms with Crippen molar-refractivity contribution in [1.29, 1.82) is 0 Å². The molecule has 4 nitrogen and oxygen atoms in total. The molecule has 1 amide bonds. The van der Waals surface area contributed by atoms with E-state index in [1.807, 2.05) is 54.4 Å². The van der Waals surface area contributed by atoms with Gasteiger partial charge in [0.15, 0.2) is 0 Å². The Kier molecular flexibility index (Phi) is 6.73. The third-order valence-electron chi connectivity index (χ3n) is 5.97. The van der Waals surface area contributed by atoms with Crippen LogP contribution in [0.3, 0.4) is 0 Å². The molecule has 0 bridgehead atoms. The first-order valence-electron chi connectivity index (χ1n) is 10.9. The average Bonchev–Trinajstić information content (AvgIpc) is 3.22. The van der Waals surface area contributed by atoms with Gasteiger partial charge in [0, 0.05) is 18.0 Å². The van der Waals surface area contributed by atoms with E-state index in [2.05, 4.69) is 44.2 Å². The standard InChI is InChI=1S/C27H28ClN3O/c1-19-13-14-22(15-20(19)2)25-16-26(23-11-7-8-12-24(23)28)31(29-25)27(32)18-30(3)17-21-9-5-4-6-10-21/h4-15,26H,16-18H2,1-3H3/t26-/m0/s1. The first-order chi connectivity index (χ1) is 15.4. The molecule has 0 aliphatic carbocycles. The topological polar surface area (TPSA) is 35.9 Å². The van der Waals surface area contributed by atoms with Crippen LogP contribution < -0.4 is 0 Å². The zero-order valence-corrected chi connectivity index (χ0v) is 19.5. The highest BCUT2D eigenvalue weighted by Crippen LogP contribution is 2.36. The molecule has 5 heteroatoms. The molecule has 0 saturated carbocycles. The fraction of sp³-hybridized carbons (Fsp3) is 0.259. The molecular weight excluding hydrogens is 418 g/mol. The fourth-order valence-electron chi connectivity index (χ4n) is 4.08. The summed E-state index contributed by atoms with van der Waals surface area (Å²) in [7, 11) is 1.96. The predicted octanol–water partition coefficient (Wildman–Crippen LogP) is 5.77. The SMILES string of the molecule is Cc1ccc(C2=NN(C(=O)CN(C)Cc3ccccc3)[C@H](c3ccccc3Cl)C2)cc1C. The van der Waals surface area contributed by atoms with Crippen LogP contribution in [0.4, 0.5) is 0 Å². The number of carbonyl (C=O) groups excluding carboxylic acids is 1. The number of benzene rings is 3.